The minimum atomic E-state index is -0.879. The summed E-state index contributed by atoms with van der Waals surface area (Å²) in [6, 6.07) is 7.39. The molecule has 17 heavy (non-hydrogen) atoms. The van der Waals surface area contributed by atoms with E-state index in [-0.39, 0.29) is 12.3 Å². The van der Waals surface area contributed by atoms with Crippen LogP contribution in [0.5, 0.6) is 0 Å². The molecule has 1 N–H and O–H groups in total. The number of ketones is 1. The van der Waals surface area contributed by atoms with Gasteiger partial charge < -0.3 is 5.11 Å². The van der Waals surface area contributed by atoms with E-state index in [1.54, 1.807) is 24.1 Å². The van der Waals surface area contributed by atoms with Gasteiger partial charge in [0.05, 0.1) is 6.54 Å². The average Bonchev–Trinajstić information content (AvgIpc) is 2.26. The van der Waals surface area contributed by atoms with Crippen LogP contribution in [0.1, 0.15) is 22.3 Å². The molecule has 0 amide bonds. The largest absolute Gasteiger partial charge is 0.480 e. The van der Waals surface area contributed by atoms with Gasteiger partial charge in [-0.15, -0.1) is 0 Å². The van der Waals surface area contributed by atoms with E-state index in [0.29, 0.717) is 18.5 Å². The summed E-state index contributed by atoms with van der Waals surface area (Å²) in [4.78, 5) is 23.8. The summed E-state index contributed by atoms with van der Waals surface area (Å²) in [5.41, 5.74) is 1.80. The number of carboxylic acids is 1. The highest BCUT2D eigenvalue weighted by molar-refractivity contribution is 5.96. The second-order valence-corrected chi connectivity index (χ2v) is 4.17. The fourth-order valence-electron chi connectivity index (χ4n) is 1.49. The standard InChI is InChI=1S/C13H17NO3/c1-10-3-5-11(6-4-10)12(15)7-8-14(2)9-13(16)17/h3-6H,7-9H2,1-2H3,(H,16,17). The summed E-state index contributed by atoms with van der Waals surface area (Å²) < 4.78 is 0. The van der Waals surface area contributed by atoms with Crippen LogP contribution in [0.15, 0.2) is 24.3 Å². The van der Waals surface area contributed by atoms with Crippen LogP contribution in [0, 0.1) is 6.92 Å². The van der Waals surface area contributed by atoms with Crippen molar-refractivity contribution in [1.29, 1.82) is 0 Å². The molecule has 1 aromatic rings. The molecule has 0 saturated heterocycles. The zero-order valence-corrected chi connectivity index (χ0v) is 10.1. The third-order valence-electron chi connectivity index (χ3n) is 2.50. The van der Waals surface area contributed by atoms with E-state index in [0.717, 1.165) is 5.56 Å². The first kappa shape index (κ1) is 13.4. The molecule has 1 rings (SSSR count). The lowest BCUT2D eigenvalue weighted by atomic mass is 10.1. The first-order valence-electron chi connectivity index (χ1n) is 5.49. The summed E-state index contributed by atoms with van der Waals surface area (Å²) in [6.07, 6.45) is 0.340. The van der Waals surface area contributed by atoms with Crippen molar-refractivity contribution in [1.82, 2.24) is 4.90 Å². The molecule has 0 saturated carbocycles. The Morgan fingerprint density at radius 2 is 1.82 bits per heavy atom. The van der Waals surface area contributed by atoms with Gasteiger partial charge >= 0.3 is 5.97 Å². The molecule has 0 spiro atoms. The van der Waals surface area contributed by atoms with Crippen LogP contribution in [-0.4, -0.2) is 41.9 Å². The lowest BCUT2D eigenvalue weighted by Crippen LogP contribution is -2.27. The van der Waals surface area contributed by atoms with Crippen molar-refractivity contribution in [3.05, 3.63) is 35.4 Å². The zero-order chi connectivity index (χ0) is 12.8. The number of rotatable bonds is 6. The highest BCUT2D eigenvalue weighted by Crippen LogP contribution is 2.06. The van der Waals surface area contributed by atoms with Crippen LogP contribution in [0.2, 0.25) is 0 Å². The van der Waals surface area contributed by atoms with Crippen LogP contribution in [0.3, 0.4) is 0 Å². The monoisotopic (exact) mass is 235 g/mol. The molecule has 0 aromatic heterocycles. The number of Topliss-reactive ketones (excluding diaryl/α,β-unsaturated/α-hetero) is 1. The number of benzene rings is 1. The second-order valence-electron chi connectivity index (χ2n) is 4.17. The fraction of sp³-hybridized carbons (Fsp3) is 0.385. The van der Waals surface area contributed by atoms with Gasteiger partial charge in [-0.1, -0.05) is 29.8 Å². The summed E-state index contributed by atoms with van der Waals surface area (Å²) in [7, 11) is 1.69. The van der Waals surface area contributed by atoms with E-state index >= 15 is 0 Å². The number of hydrogen-bond acceptors (Lipinski definition) is 3. The van der Waals surface area contributed by atoms with Gasteiger partial charge in [-0.05, 0) is 14.0 Å². The van der Waals surface area contributed by atoms with E-state index in [1.807, 2.05) is 19.1 Å². The van der Waals surface area contributed by atoms with Gasteiger partial charge in [0.15, 0.2) is 5.78 Å². The Hall–Kier alpha value is -1.68. The maximum atomic E-state index is 11.8. The average molecular weight is 235 g/mol. The minimum Gasteiger partial charge on any atom is -0.480 e. The molecule has 0 aliphatic rings. The summed E-state index contributed by atoms with van der Waals surface area (Å²) in [5, 5.41) is 8.57. The molecular formula is C13H17NO3. The molecular weight excluding hydrogens is 218 g/mol. The predicted molar refractivity (Wildman–Crippen MR) is 65.3 cm³/mol. The van der Waals surface area contributed by atoms with Crippen molar-refractivity contribution >= 4 is 11.8 Å². The molecule has 0 unspecified atom stereocenters. The number of carboxylic acid groups (broad SMARTS) is 1. The fourth-order valence-corrected chi connectivity index (χ4v) is 1.49. The van der Waals surface area contributed by atoms with Crippen LogP contribution in [-0.2, 0) is 4.79 Å². The zero-order valence-electron chi connectivity index (χ0n) is 10.1. The topological polar surface area (TPSA) is 57.6 Å². The molecule has 4 heteroatoms. The number of likely N-dealkylation sites (N-methyl/N-ethyl adjacent to an activating group) is 1. The van der Waals surface area contributed by atoms with E-state index in [9.17, 15) is 9.59 Å². The van der Waals surface area contributed by atoms with Crippen LogP contribution in [0.4, 0.5) is 0 Å². The van der Waals surface area contributed by atoms with Gasteiger partial charge in [0, 0.05) is 18.5 Å². The molecule has 0 atom stereocenters. The Morgan fingerprint density at radius 3 is 2.35 bits per heavy atom. The molecule has 92 valence electrons. The molecule has 0 bridgehead atoms. The molecule has 0 fully saturated rings. The normalized spacial score (nSPS) is 10.5. The lowest BCUT2D eigenvalue weighted by Gasteiger charge is -2.12. The van der Waals surface area contributed by atoms with Crippen molar-refractivity contribution in [3.8, 4) is 0 Å². The number of carbonyl (C=O) groups excluding carboxylic acids is 1. The van der Waals surface area contributed by atoms with Crippen molar-refractivity contribution in [2.24, 2.45) is 0 Å². The lowest BCUT2D eigenvalue weighted by molar-refractivity contribution is -0.137. The van der Waals surface area contributed by atoms with E-state index < -0.39 is 5.97 Å². The molecule has 0 aliphatic carbocycles. The van der Waals surface area contributed by atoms with Crippen molar-refractivity contribution < 1.29 is 14.7 Å². The van der Waals surface area contributed by atoms with E-state index in [4.69, 9.17) is 5.11 Å². The number of hydrogen-bond donors (Lipinski definition) is 1. The van der Waals surface area contributed by atoms with Crippen LogP contribution < -0.4 is 0 Å². The van der Waals surface area contributed by atoms with Crippen LogP contribution >= 0.6 is 0 Å². The Balaban J connectivity index is 2.44. The van der Waals surface area contributed by atoms with Gasteiger partial charge in [0.25, 0.3) is 0 Å². The first-order chi connectivity index (χ1) is 7.99. The van der Waals surface area contributed by atoms with E-state index in [1.165, 1.54) is 0 Å². The third kappa shape index (κ3) is 4.78. The summed E-state index contributed by atoms with van der Waals surface area (Å²) in [6.45, 7) is 2.38. The second kappa shape index (κ2) is 6.15. The van der Waals surface area contributed by atoms with Crippen LogP contribution in [0.25, 0.3) is 0 Å². The Labute approximate surface area is 101 Å². The van der Waals surface area contributed by atoms with Crippen molar-refractivity contribution in [3.63, 3.8) is 0 Å². The number of carbonyl (C=O) groups is 2. The highest BCUT2D eigenvalue weighted by atomic mass is 16.4. The molecule has 1 aromatic carbocycles. The van der Waals surface area contributed by atoms with Gasteiger partial charge in [-0.25, -0.2) is 0 Å². The van der Waals surface area contributed by atoms with Crippen molar-refractivity contribution in [2.75, 3.05) is 20.1 Å². The molecule has 0 heterocycles. The Morgan fingerprint density at radius 1 is 1.24 bits per heavy atom. The van der Waals surface area contributed by atoms with Gasteiger partial charge in [0.1, 0.15) is 0 Å². The SMILES string of the molecule is Cc1ccc(C(=O)CCN(C)CC(=O)O)cc1. The molecule has 4 nitrogen and oxygen atoms in total. The van der Waals surface area contributed by atoms with Gasteiger partial charge in [-0.3, -0.25) is 14.5 Å². The minimum absolute atomic E-state index is 0.0405. The molecule has 0 radical (unpaired) electrons. The maximum Gasteiger partial charge on any atom is 0.317 e. The number of aliphatic carboxylic acids is 1. The quantitative estimate of drug-likeness (QED) is 0.761. The number of nitrogens with zero attached hydrogens (tertiary/aromatic N) is 1. The highest BCUT2D eigenvalue weighted by Gasteiger charge is 2.09. The van der Waals surface area contributed by atoms with Crippen molar-refractivity contribution in [2.45, 2.75) is 13.3 Å². The van der Waals surface area contributed by atoms with Gasteiger partial charge in [0.2, 0.25) is 0 Å². The number of aryl methyl sites for hydroxylation is 1. The van der Waals surface area contributed by atoms with E-state index in [2.05, 4.69) is 0 Å². The Bertz CT molecular complexity index is 398. The smallest absolute Gasteiger partial charge is 0.317 e. The third-order valence-corrected chi connectivity index (χ3v) is 2.50. The first-order valence-corrected chi connectivity index (χ1v) is 5.49. The summed E-state index contributed by atoms with van der Waals surface area (Å²) >= 11 is 0. The predicted octanol–water partition coefficient (Wildman–Crippen LogP) is 1.58. The summed E-state index contributed by atoms with van der Waals surface area (Å²) in [5.74, 6) is -0.836. The molecule has 0 aliphatic heterocycles. The van der Waals surface area contributed by atoms with Gasteiger partial charge in [-0.2, -0.15) is 0 Å². The Kier molecular flexibility index (Phi) is 4.84. The maximum absolute atomic E-state index is 11.8.